The standard InChI is InChI=1S/C20H26FN3O2S2.C19H20ClF4N3O2S2.C18H23BrFN3O2S2.C18H22ClF2N3O2S2.C17H21BrFN3O2S2/c1-22-16-4-2-3-5-17(16)24-18-11-15(21)19(10-14(18)13-6-7-13)28(25,26)12-20-23-8-9-27-20;1-27(2)16-4-3-11(19(22,23)24)7-15(16)26-14-9-13(21)17(8-12(14)20)31(28,29)10-18-25-5-6-30-18;1-2-21-14-5-3-4-6-15(14)23-16-10-13(20)17(9-12(16)19)27(24,25)11-18-22-7-8-26-18;1-24(2)15-6-4-3-5-13(15)23-14-8-12(20)16(7-11(14)19)28(25,26)10-18-22-9-17(21)27-18;1-20-13-4-2-3-5-14(13)22-15-9-12(19)16(8-11(15)18)26(23,24)10-17-21-6-7-25-17/h8-11,13,16-17,22,24H,2-7,12H2,1H3;3,5-6,8-9,15-16,26H,4,7,10H2,1-2H3;7-10,14-15,21,23H,2-6,11H2,1H3;7-9,13,15,23H,3-6,10H2,1-2H3;6-9,13-14,20,22H,2-5,10H2,1H3/t16-,17-;15-,16-;14-,15-;13-,15-;13-,14-/m01000/s1. The van der Waals surface area contributed by atoms with E-state index in [4.69, 9.17) is 23.2 Å². The molecule has 5 aromatic heterocycles. The van der Waals surface area contributed by atoms with Crippen molar-refractivity contribution in [3.05, 3.63) is 209 Å². The molecule has 5 fully saturated rings. The molecule has 16 rings (SSSR count). The van der Waals surface area contributed by atoms with Crippen LogP contribution in [0, 0.1) is 34.2 Å². The molecule has 0 aliphatic heterocycles. The van der Waals surface area contributed by atoms with Gasteiger partial charge in [0.2, 0.25) is 0 Å². The van der Waals surface area contributed by atoms with Crippen molar-refractivity contribution < 1.29 is 81.6 Å². The number of likely N-dealkylation sites (N-methyl/N-ethyl adjacent to an activating group) is 5. The lowest BCUT2D eigenvalue weighted by Crippen LogP contribution is -2.46. The zero-order valence-corrected chi connectivity index (χ0v) is 90.3. The highest BCUT2D eigenvalue weighted by Crippen LogP contribution is 2.47. The van der Waals surface area contributed by atoms with Crippen molar-refractivity contribution in [1.29, 1.82) is 0 Å². The van der Waals surface area contributed by atoms with Crippen LogP contribution in [-0.2, 0) is 78.0 Å². The van der Waals surface area contributed by atoms with Crippen molar-refractivity contribution in [3.8, 4) is 0 Å². The third kappa shape index (κ3) is 30.6. The normalized spacial score (nSPS) is 21.0. The van der Waals surface area contributed by atoms with Gasteiger partial charge in [0.05, 0.1) is 39.0 Å². The number of anilines is 5. The Kier molecular flexibility index (Phi) is 40.3. The molecule has 5 heterocycles. The number of nitrogens with one attached hydrogen (secondary N) is 8. The van der Waals surface area contributed by atoms with Gasteiger partial charge in [-0.3, -0.25) is 0 Å². The van der Waals surface area contributed by atoms with Gasteiger partial charge >= 0.3 is 6.18 Å². The summed E-state index contributed by atoms with van der Waals surface area (Å²) in [6.07, 6.45) is 23.0. The Morgan fingerprint density at radius 1 is 0.400 bits per heavy atom. The molecule has 0 saturated heterocycles. The summed E-state index contributed by atoms with van der Waals surface area (Å²) >= 11 is 24.8. The molecule has 0 bridgehead atoms. The number of rotatable bonds is 32. The predicted octanol–water partition coefficient (Wildman–Crippen LogP) is 21.6. The van der Waals surface area contributed by atoms with Gasteiger partial charge in [-0.25, -0.2) is 89.0 Å². The first-order chi connectivity index (χ1) is 66.3. The number of nitrogens with zero attached hydrogens (tertiary/aromatic N) is 7. The lowest BCUT2D eigenvalue weighted by molar-refractivity contribution is -0.0961. The summed E-state index contributed by atoms with van der Waals surface area (Å²) in [5, 5.41) is 34.5. The van der Waals surface area contributed by atoms with Gasteiger partial charge < -0.3 is 52.3 Å². The lowest BCUT2D eigenvalue weighted by Gasteiger charge is -2.37. The second-order valence-electron chi connectivity index (χ2n) is 35.3. The van der Waals surface area contributed by atoms with Gasteiger partial charge in [0.25, 0.3) is 0 Å². The molecule has 766 valence electrons. The Balaban J connectivity index is 0.000000157. The molecule has 6 aliphatic rings. The molecule has 5 aromatic carbocycles. The van der Waals surface area contributed by atoms with Crippen molar-refractivity contribution in [2.75, 3.05) is 75.4 Å². The molecule has 0 radical (unpaired) electrons. The zero-order valence-electron chi connectivity index (χ0n) is 77.5. The first-order valence-corrected chi connectivity index (χ1v) is 60.3. The Bertz CT molecular complexity index is 6470. The van der Waals surface area contributed by atoms with E-state index in [0.717, 1.165) is 156 Å². The highest BCUT2D eigenvalue weighted by molar-refractivity contribution is 9.11. The molecule has 10 atom stereocenters. The van der Waals surface area contributed by atoms with Gasteiger partial charge in [-0.1, -0.05) is 98.9 Å². The van der Waals surface area contributed by atoms with Crippen molar-refractivity contribution in [1.82, 2.24) is 50.7 Å². The van der Waals surface area contributed by atoms with E-state index < -0.39 is 122 Å². The smallest absolute Gasteiger partial charge is 0.380 e. The van der Waals surface area contributed by atoms with Gasteiger partial charge in [-0.05, 0) is 230 Å². The van der Waals surface area contributed by atoms with E-state index in [0.29, 0.717) is 81.4 Å². The van der Waals surface area contributed by atoms with E-state index in [1.807, 2.05) is 28.2 Å². The summed E-state index contributed by atoms with van der Waals surface area (Å²) in [5.74, 6) is -5.69. The van der Waals surface area contributed by atoms with Crippen LogP contribution >= 0.6 is 112 Å². The minimum absolute atomic E-state index is 0.0349. The van der Waals surface area contributed by atoms with Gasteiger partial charge in [-0.2, -0.15) is 17.6 Å². The van der Waals surface area contributed by atoms with E-state index in [1.165, 1.54) is 102 Å². The molecule has 0 spiro atoms. The van der Waals surface area contributed by atoms with E-state index in [-0.39, 0.29) is 102 Å². The monoisotopic (exact) mass is 2310 g/mol. The largest absolute Gasteiger partial charge is 0.412 e. The van der Waals surface area contributed by atoms with Crippen molar-refractivity contribution in [3.63, 3.8) is 0 Å². The fourth-order valence-corrected chi connectivity index (χ4v) is 31.4. The first kappa shape index (κ1) is 112. The maximum Gasteiger partial charge on any atom is 0.412 e. The number of hydrogen-bond acceptors (Lipinski definition) is 30. The van der Waals surface area contributed by atoms with Crippen LogP contribution in [0.1, 0.15) is 172 Å². The Morgan fingerprint density at radius 2 is 0.729 bits per heavy atom. The molecule has 48 heteroatoms. The third-order valence-electron chi connectivity index (χ3n) is 25.0. The lowest BCUT2D eigenvalue weighted by atomic mass is 9.89. The quantitative estimate of drug-likeness (QED) is 0.0143. The van der Waals surface area contributed by atoms with E-state index >= 15 is 0 Å². The number of benzene rings is 5. The summed E-state index contributed by atoms with van der Waals surface area (Å²) in [7, 11) is -8.09. The number of aromatic nitrogens is 5. The molecule has 140 heavy (non-hydrogen) atoms. The molecular formula is C92H112Br2Cl2F9N15O10S10. The number of sulfone groups is 5. The second-order valence-corrected chi connectivity index (χ2v) is 52.6. The molecule has 25 nitrogen and oxygen atoms in total. The number of alkyl halides is 3. The minimum atomic E-state index is -4.46. The minimum Gasteiger partial charge on any atom is -0.380 e. The Labute approximate surface area is 859 Å². The van der Waals surface area contributed by atoms with E-state index in [2.05, 4.69) is 111 Å². The summed E-state index contributed by atoms with van der Waals surface area (Å²) < 4.78 is 253. The molecule has 0 amide bonds. The first-order valence-electron chi connectivity index (χ1n) is 45.4. The van der Waals surface area contributed by atoms with Gasteiger partial charge in [0, 0.05) is 127 Å². The van der Waals surface area contributed by atoms with Crippen LogP contribution in [-0.4, -0.2) is 192 Å². The number of thiazole rings is 5. The summed E-state index contributed by atoms with van der Waals surface area (Å²) in [6.45, 7) is 2.95. The van der Waals surface area contributed by atoms with Crippen molar-refractivity contribution in [2.24, 2.45) is 0 Å². The van der Waals surface area contributed by atoms with Crippen LogP contribution < -0.4 is 42.5 Å². The molecule has 10 aromatic rings. The highest BCUT2D eigenvalue weighted by atomic mass is 79.9. The molecule has 6 aliphatic carbocycles. The molecule has 5 saturated carbocycles. The fourth-order valence-electron chi connectivity index (χ4n) is 17.9. The zero-order chi connectivity index (χ0) is 101. The molecular weight excluding hydrogens is 2200 g/mol. The van der Waals surface area contributed by atoms with Gasteiger partial charge in [-0.15, -0.1) is 45.3 Å². The van der Waals surface area contributed by atoms with Crippen LogP contribution in [0.2, 0.25) is 10.0 Å². The van der Waals surface area contributed by atoms with Gasteiger partial charge in [0.1, 0.15) is 107 Å². The Hall–Kier alpha value is -6.55. The van der Waals surface area contributed by atoms with Crippen LogP contribution in [0.5, 0.6) is 0 Å². The van der Waals surface area contributed by atoms with Crippen molar-refractivity contribution >= 4 is 189 Å². The average molecular weight is 2310 g/mol. The predicted molar refractivity (Wildman–Crippen MR) is 547 cm³/mol. The van der Waals surface area contributed by atoms with Crippen LogP contribution in [0.25, 0.3) is 0 Å². The van der Waals surface area contributed by atoms with Crippen molar-refractivity contribution in [2.45, 2.75) is 261 Å². The van der Waals surface area contributed by atoms with Crippen LogP contribution in [0.3, 0.4) is 0 Å². The maximum absolute atomic E-state index is 14.9. The Morgan fingerprint density at radius 3 is 1.09 bits per heavy atom. The van der Waals surface area contributed by atoms with Gasteiger partial charge in [0.15, 0.2) is 54.3 Å². The summed E-state index contributed by atoms with van der Waals surface area (Å²) in [5.41, 5.74) is 2.57. The average Bonchev–Trinajstić information content (AvgIpc) is 1.65. The molecule has 8 N–H and O–H groups in total. The fraction of sp³-hybridized carbons (Fsp3) is 0.489. The summed E-state index contributed by atoms with van der Waals surface area (Å²) in [4.78, 5) is 21.6. The number of halogens is 13. The molecule has 0 unspecified atom stereocenters. The van der Waals surface area contributed by atoms with Crippen LogP contribution in [0.15, 0.2) is 158 Å². The van der Waals surface area contributed by atoms with Crippen LogP contribution in [0.4, 0.5) is 68.0 Å². The number of hydrogen-bond donors (Lipinski definition) is 8. The topological polar surface area (TPSA) is 338 Å². The SMILES string of the molecule is CCN[C@H]1CCCC[C@@H]1Nc1cc(F)c(S(=O)(=O)Cc2nccs2)cc1Br.CN(C)[C@@H]1CC=C(C(F)(F)F)C[C@H]1Nc1cc(F)c(S(=O)(=O)Cc2nccs2)cc1Cl.CN(C)[C@H]1CCCC[C@@H]1Nc1cc(F)c(S(=O)(=O)Cc2ncc(F)s2)cc1Cl.CN[C@H]1CCCC[C@@H]1Nc1cc(F)c(S(=O)(=O)Cc2nccs2)cc1Br.CN[C@H]1CCCC[C@@H]1Nc1cc(F)c(S(=O)(=O)Cc2nccs2)cc1C1CC1. The van der Waals surface area contributed by atoms with E-state index in [1.54, 1.807) is 59.0 Å². The van der Waals surface area contributed by atoms with E-state index in [9.17, 15) is 81.6 Å². The second kappa shape index (κ2) is 50.2. The highest BCUT2D eigenvalue weighted by Gasteiger charge is 2.42. The maximum atomic E-state index is 14.9. The third-order valence-corrected chi connectivity index (χ3v) is 40.0. The summed E-state index contributed by atoms with van der Waals surface area (Å²) in [6, 6.07) is 13.3.